The molecule has 0 radical (unpaired) electrons. The van der Waals surface area contributed by atoms with Crippen LogP contribution in [0.5, 0.6) is 0 Å². The molecule has 1 fully saturated rings. The Morgan fingerprint density at radius 3 is 2.57 bits per heavy atom. The highest BCUT2D eigenvalue weighted by Gasteiger charge is 2.37. The fourth-order valence-corrected chi connectivity index (χ4v) is 2.49. The van der Waals surface area contributed by atoms with E-state index in [1.807, 2.05) is 30.3 Å². The van der Waals surface area contributed by atoms with Crippen molar-refractivity contribution < 1.29 is 22.7 Å². The molecule has 0 bridgehead atoms. The second-order valence-corrected chi connectivity index (χ2v) is 5.17. The molecular weight excluding hydrogens is 309 g/mol. The minimum absolute atomic E-state index is 0.0525. The molecule has 1 saturated heterocycles. The lowest BCUT2D eigenvalue weighted by atomic mass is 10.1. The highest BCUT2D eigenvalue weighted by molar-refractivity contribution is 5.89. The maximum atomic E-state index is 12.8. The van der Waals surface area contributed by atoms with E-state index in [0.29, 0.717) is 6.42 Å². The molecule has 1 atom stereocenters. The third-order valence-electron chi connectivity index (χ3n) is 3.55. The van der Waals surface area contributed by atoms with Crippen LogP contribution in [0.25, 0.3) is 0 Å². The van der Waals surface area contributed by atoms with Crippen LogP contribution in [0.4, 0.5) is 23.8 Å². The number of carbonyl (C=O) groups is 1. The van der Waals surface area contributed by atoms with Crippen molar-refractivity contribution in [3.63, 3.8) is 0 Å². The molecule has 1 aromatic carbocycles. The van der Waals surface area contributed by atoms with Crippen molar-refractivity contribution in [1.82, 2.24) is 4.98 Å². The number of anilines is 1. The predicted octanol–water partition coefficient (Wildman–Crippen LogP) is 3.67. The number of halogens is 3. The lowest BCUT2D eigenvalue weighted by Gasteiger charge is -2.21. The number of carbonyl (C=O) groups excluding carboxylic acids is 1. The summed E-state index contributed by atoms with van der Waals surface area (Å²) in [6, 6.07) is 12.5. The van der Waals surface area contributed by atoms with Gasteiger partial charge < -0.3 is 4.74 Å². The first-order valence-electron chi connectivity index (χ1n) is 6.99. The fourth-order valence-electron chi connectivity index (χ4n) is 2.49. The van der Waals surface area contributed by atoms with Crippen molar-refractivity contribution in [1.29, 1.82) is 0 Å². The molecule has 0 spiro atoms. The van der Waals surface area contributed by atoms with Gasteiger partial charge in [0.05, 0.1) is 6.04 Å². The third-order valence-corrected chi connectivity index (χ3v) is 3.55. The summed E-state index contributed by atoms with van der Waals surface area (Å²) in [5.41, 5.74) is -0.0686. The Kier molecular flexibility index (Phi) is 3.94. The number of alkyl halides is 3. The number of amides is 1. The van der Waals surface area contributed by atoms with E-state index < -0.39 is 18.0 Å². The number of nitrogens with zero attached hydrogens (tertiary/aromatic N) is 2. The average Bonchev–Trinajstić information content (AvgIpc) is 2.88. The minimum atomic E-state index is -4.56. The van der Waals surface area contributed by atoms with Crippen molar-refractivity contribution in [3.8, 4) is 0 Å². The Morgan fingerprint density at radius 2 is 1.87 bits per heavy atom. The van der Waals surface area contributed by atoms with Gasteiger partial charge in [-0.1, -0.05) is 36.4 Å². The molecule has 1 aromatic heterocycles. The normalized spacial score (nSPS) is 18.1. The lowest BCUT2D eigenvalue weighted by Crippen LogP contribution is -2.36. The van der Waals surface area contributed by atoms with E-state index in [2.05, 4.69) is 4.98 Å². The van der Waals surface area contributed by atoms with E-state index in [1.165, 1.54) is 17.0 Å². The van der Waals surface area contributed by atoms with Gasteiger partial charge in [0.2, 0.25) is 0 Å². The van der Waals surface area contributed by atoms with Crippen LogP contribution in [-0.2, 0) is 17.3 Å². The second-order valence-electron chi connectivity index (χ2n) is 5.17. The summed E-state index contributed by atoms with van der Waals surface area (Å²) in [5, 5.41) is 0. The average molecular weight is 322 g/mol. The molecule has 1 amide bonds. The van der Waals surface area contributed by atoms with Gasteiger partial charge in [-0.15, -0.1) is 0 Å². The van der Waals surface area contributed by atoms with Gasteiger partial charge >= 0.3 is 12.3 Å². The van der Waals surface area contributed by atoms with Crippen molar-refractivity contribution in [2.24, 2.45) is 0 Å². The number of rotatable bonds is 3. The Morgan fingerprint density at radius 1 is 1.13 bits per heavy atom. The highest BCUT2D eigenvalue weighted by Crippen LogP contribution is 2.30. The lowest BCUT2D eigenvalue weighted by molar-refractivity contribution is -0.141. The Balaban J connectivity index is 1.88. The SMILES string of the molecule is O=C1OCC(Cc2ccccc2)N1c1cccc(C(F)(F)F)n1. The van der Waals surface area contributed by atoms with Crippen LogP contribution in [0.1, 0.15) is 11.3 Å². The van der Waals surface area contributed by atoms with Gasteiger partial charge in [-0.05, 0) is 24.1 Å². The van der Waals surface area contributed by atoms with Crippen LogP contribution >= 0.6 is 0 Å². The van der Waals surface area contributed by atoms with Crippen LogP contribution in [0.3, 0.4) is 0 Å². The zero-order valence-corrected chi connectivity index (χ0v) is 12.0. The summed E-state index contributed by atoms with van der Waals surface area (Å²) < 4.78 is 43.4. The van der Waals surface area contributed by atoms with Crippen LogP contribution in [0.2, 0.25) is 0 Å². The van der Waals surface area contributed by atoms with E-state index in [4.69, 9.17) is 4.74 Å². The number of benzene rings is 1. The standard InChI is InChI=1S/C16H13F3N2O2/c17-16(18,19)13-7-4-8-14(20-13)21-12(10-23-15(21)22)9-11-5-2-1-3-6-11/h1-8,12H,9-10H2. The molecule has 4 nitrogen and oxygen atoms in total. The molecule has 3 rings (SSSR count). The summed E-state index contributed by atoms with van der Waals surface area (Å²) in [6.07, 6.45) is -4.77. The predicted molar refractivity (Wildman–Crippen MR) is 77.0 cm³/mol. The molecule has 2 aromatic rings. The number of aromatic nitrogens is 1. The molecule has 1 aliphatic heterocycles. The van der Waals surface area contributed by atoms with E-state index in [1.54, 1.807) is 0 Å². The quantitative estimate of drug-likeness (QED) is 0.866. The van der Waals surface area contributed by atoms with Crippen molar-refractivity contribution >= 4 is 11.9 Å². The van der Waals surface area contributed by atoms with Gasteiger partial charge in [-0.25, -0.2) is 9.78 Å². The number of ether oxygens (including phenoxy) is 1. The molecule has 2 heterocycles. The monoisotopic (exact) mass is 322 g/mol. The van der Waals surface area contributed by atoms with Crippen molar-refractivity contribution in [2.45, 2.75) is 18.6 Å². The van der Waals surface area contributed by atoms with Crippen molar-refractivity contribution in [2.75, 3.05) is 11.5 Å². The second kappa shape index (κ2) is 5.91. The fraction of sp³-hybridized carbons (Fsp3) is 0.250. The molecule has 1 unspecified atom stereocenters. The molecule has 120 valence electrons. The van der Waals surface area contributed by atoms with Gasteiger partial charge in [0.25, 0.3) is 0 Å². The zero-order chi connectivity index (χ0) is 16.4. The number of hydrogen-bond acceptors (Lipinski definition) is 3. The van der Waals surface area contributed by atoms with Crippen LogP contribution in [0.15, 0.2) is 48.5 Å². The number of cyclic esters (lactones) is 1. The van der Waals surface area contributed by atoms with Gasteiger partial charge in [-0.2, -0.15) is 13.2 Å². The largest absolute Gasteiger partial charge is 0.447 e. The molecule has 7 heteroatoms. The van der Waals surface area contributed by atoms with E-state index in [0.717, 1.165) is 11.6 Å². The first kappa shape index (κ1) is 15.3. The molecular formula is C16H13F3N2O2. The Labute approximate surface area is 130 Å². The topological polar surface area (TPSA) is 42.4 Å². The van der Waals surface area contributed by atoms with E-state index >= 15 is 0 Å². The van der Waals surface area contributed by atoms with Gasteiger partial charge in [0, 0.05) is 0 Å². The third kappa shape index (κ3) is 3.28. The maximum Gasteiger partial charge on any atom is 0.433 e. The highest BCUT2D eigenvalue weighted by atomic mass is 19.4. The van der Waals surface area contributed by atoms with Crippen molar-refractivity contribution in [3.05, 3.63) is 59.8 Å². The first-order valence-corrected chi connectivity index (χ1v) is 6.99. The van der Waals surface area contributed by atoms with Crippen LogP contribution in [-0.4, -0.2) is 23.7 Å². The molecule has 0 N–H and O–H groups in total. The molecule has 23 heavy (non-hydrogen) atoms. The summed E-state index contributed by atoms with van der Waals surface area (Å²) in [4.78, 5) is 16.7. The first-order chi connectivity index (χ1) is 10.9. The molecule has 0 saturated carbocycles. The van der Waals surface area contributed by atoms with E-state index in [-0.39, 0.29) is 18.5 Å². The number of pyridine rings is 1. The maximum absolute atomic E-state index is 12.8. The van der Waals surface area contributed by atoms with Crippen LogP contribution in [0, 0.1) is 0 Å². The summed E-state index contributed by atoms with van der Waals surface area (Å²) in [7, 11) is 0. The van der Waals surface area contributed by atoms with Gasteiger partial charge in [-0.3, -0.25) is 4.90 Å². The summed E-state index contributed by atoms with van der Waals surface area (Å²) >= 11 is 0. The van der Waals surface area contributed by atoms with E-state index in [9.17, 15) is 18.0 Å². The van der Waals surface area contributed by atoms with Gasteiger partial charge in [0.1, 0.15) is 18.1 Å². The number of hydrogen-bond donors (Lipinski definition) is 0. The Bertz CT molecular complexity index is 704. The van der Waals surface area contributed by atoms with Crippen LogP contribution < -0.4 is 4.90 Å². The smallest absolute Gasteiger partial charge is 0.433 e. The summed E-state index contributed by atoms with van der Waals surface area (Å²) in [5.74, 6) is -0.0525. The zero-order valence-electron chi connectivity index (χ0n) is 12.0. The minimum Gasteiger partial charge on any atom is -0.447 e. The summed E-state index contributed by atoms with van der Waals surface area (Å²) in [6.45, 7) is 0.117. The molecule has 0 aliphatic carbocycles. The van der Waals surface area contributed by atoms with Gasteiger partial charge in [0.15, 0.2) is 0 Å². The molecule has 1 aliphatic rings. The Hall–Kier alpha value is -2.57.